The van der Waals surface area contributed by atoms with E-state index in [1.54, 1.807) is 48.5 Å². The zero-order valence-electron chi connectivity index (χ0n) is 11.3. The van der Waals surface area contributed by atoms with Gasteiger partial charge in [-0.05, 0) is 19.1 Å². The number of carbonyl (C=O) groups is 1. The molecule has 0 aromatic carbocycles. The van der Waals surface area contributed by atoms with Crippen LogP contribution in [0.5, 0.6) is 0 Å². The molecule has 0 aliphatic rings. The Morgan fingerprint density at radius 1 is 1.14 bits per heavy atom. The highest BCUT2D eigenvalue weighted by atomic mass is 16.2. The van der Waals surface area contributed by atoms with E-state index in [1.165, 1.54) is 17.1 Å². The van der Waals surface area contributed by atoms with Crippen LogP contribution in [0.4, 0.5) is 5.69 Å². The molecule has 0 radical (unpaired) electrons. The molecule has 3 aromatic rings. The van der Waals surface area contributed by atoms with Crippen molar-refractivity contribution < 1.29 is 4.79 Å². The van der Waals surface area contributed by atoms with E-state index in [4.69, 9.17) is 0 Å². The molecule has 3 heterocycles. The van der Waals surface area contributed by atoms with Crippen LogP contribution in [0, 0.1) is 0 Å². The number of anilines is 1. The molecule has 8 nitrogen and oxygen atoms in total. The number of nitrogens with zero attached hydrogens (tertiary/aromatic N) is 6. The lowest BCUT2D eigenvalue weighted by Crippen LogP contribution is -2.24. The molecular formula is C13H13N7O. The van der Waals surface area contributed by atoms with Crippen molar-refractivity contribution in [1.29, 1.82) is 0 Å². The topological polar surface area (TPSA) is 90.5 Å². The molecule has 3 aromatic heterocycles. The van der Waals surface area contributed by atoms with Crippen LogP contribution in [0.2, 0.25) is 0 Å². The van der Waals surface area contributed by atoms with Gasteiger partial charge in [0.1, 0.15) is 6.04 Å². The summed E-state index contributed by atoms with van der Waals surface area (Å²) < 4.78 is 3.12. The Hall–Kier alpha value is -3.03. The summed E-state index contributed by atoms with van der Waals surface area (Å²) >= 11 is 0. The fourth-order valence-corrected chi connectivity index (χ4v) is 1.77. The fourth-order valence-electron chi connectivity index (χ4n) is 1.77. The average Bonchev–Trinajstić information content (AvgIpc) is 3.20. The maximum atomic E-state index is 12.1. The van der Waals surface area contributed by atoms with Crippen molar-refractivity contribution in [3.05, 3.63) is 49.3 Å². The summed E-state index contributed by atoms with van der Waals surface area (Å²) in [6, 6.07) is 3.14. The van der Waals surface area contributed by atoms with Crippen molar-refractivity contribution in [2.75, 3.05) is 5.32 Å². The fraction of sp³-hybridized carbons (Fsp3) is 0.154. The predicted molar refractivity (Wildman–Crippen MR) is 74.7 cm³/mol. The SMILES string of the molecule is CC(C(=O)Nc1cnc(-n2cccn2)nc1)n1cccn1. The molecule has 0 aliphatic heterocycles. The van der Waals surface area contributed by atoms with Crippen molar-refractivity contribution in [1.82, 2.24) is 29.5 Å². The Labute approximate surface area is 120 Å². The maximum absolute atomic E-state index is 12.1. The van der Waals surface area contributed by atoms with Gasteiger partial charge in [0.25, 0.3) is 5.95 Å². The second-order valence-corrected chi connectivity index (χ2v) is 4.37. The molecule has 0 fully saturated rings. The lowest BCUT2D eigenvalue weighted by Gasteiger charge is -2.12. The van der Waals surface area contributed by atoms with Crippen molar-refractivity contribution in [2.24, 2.45) is 0 Å². The lowest BCUT2D eigenvalue weighted by molar-refractivity contribution is -0.119. The zero-order chi connectivity index (χ0) is 14.7. The number of aromatic nitrogens is 6. The Balaban J connectivity index is 1.69. The summed E-state index contributed by atoms with van der Waals surface area (Å²) in [5.74, 6) is 0.257. The van der Waals surface area contributed by atoms with Gasteiger partial charge in [-0.3, -0.25) is 9.48 Å². The van der Waals surface area contributed by atoms with Gasteiger partial charge in [-0.2, -0.15) is 10.2 Å². The Morgan fingerprint density at radius 3 is 2.48 bits per heavy atom. The molecule has 0 saturated carbocycles. The number of hydrogen-bond acceptors (Lipinski definition) is 5. The normalized spacial score (nSPS) is 12.0. The van der Waals surface area contributed by atoms with Gasteiger partial charge in [-0.1, -0.05) is 0 Å². The number of nitrogens with one attached hydrogen (secondary N) is 1. The highest BCUT2D eigenvalue weighted by molar-refractivity contribution is 5.93. The lowest BCUT2D eigenvalue weighted by atomic mass is 10.3. The third kappa shape index (κ3) is 2.78. The number of hydrogen-bond donors (Lipinski definition) is 1. The first-order valence-electron chi connectivity index (χ1n) is 6.36. The molecule has 106 valence electrons. The molecule has 3 rings (SSSR count). The van der Waals surface area contributed by atoms with Gasteiger partial charge in [0.05, 0.1) is 18.1 Å². The zero-order valence-corrected chi connectivity index (χ0v) is 11.3. The van der Waals surface area contributed by atoms with Gasteiger partial charge in [-0.25, -0.2) is 14.6 Å². The minimum absolute atomic E-state index is 0.186. The minimum atomic E-state index is -0.411. The largest absolute Gasteiger partial charge is 0.322 e. The Morgan fingerprint density at radius 2 is 1.86 bits per heavy atom. The predicted octanol–water partition coefficient (Wildman–Crippen LogP) is 1.06. The maximum Gasteiger partial charge on any atom is 0.250 e. The molecule has 0 aliphatic carbocycles. The summed E-state index contributed by atoms with van der Waals surface area (Å²) in [4.78, 5) is 20.4. The van der Waals surface area contributed by atoms with Crippen molar-refractivity contribution >= 4 is 11.6 Å². The quantitative estimate of drug-likeness (QED) is 0.773. The van der Waals surface area contributed by atoms with Crippen molar-refractivity contribution in [2.45, 2.75) is 13.0 Å². The summed E-state index contributed by atoms with van der Waals surface area (Å²) in [5, 5.41) is 10.8. The van der Waals surface area contributed by atoms with E-state index in [0.29, 0.717) is 11.6 Å². The van der Waals surface area contributed by atoms with Gasteiger partial charge in [0.2, 0.25) is 5.91 Å². The second-order valence-electron chi connectivity index (χ2n) is 4.37. The highest BCUT2D eigenvalue weighted by Gasteiger charge is 2.15. The first-order chi connectivity index (χ1) is 10.2. The van der Waals surface area contributed by atoms with Gasteiger partial charge in [-0.15, -0.1) is 0 Å². The van der Waals surface area contributed by atoms with Gasteiger partial charge < -0.3 is 5.32 Å². The molecule has 0 saturated heterocycles. The second kappa shape index (κ2) is 5.53. The van der Waals surface area contributed by atoms with Crippen LogP contribution in [0.3, 0.4) is 0 Å². The van der Waals surface area contributed by atoms with E-state index in [-0.39, 0.29) is 5.91 Å². The van der Waals surface area contributed by atoms with Gasteiger partial charge >= 0.3 is 0 Å². The Kier molecular flexibility index (Phi) is 3.42. The monoisotopic (exact) mass is 283 g/mol. The summed E-state index contributed by atoms with van der Waals surface area (Å²) in [6.07, 6.45) is 9.83. The Bertz CT molecular complexity index is 704. The minimum Gasteiger partial charge on any atom is -0.322 e. The summed E-state index contributed by atoms with van der Waals surface area (Å²) in [5.41, 5.74) is 0.523. The number of rotatable bonds is 4. The van der Waals surface area contributed by atoms with Crippen LogP contribution >= 0.6 is 0 Å². The molecule has 1 atom stereocenters. The standard InChI is InChI=1S/C13H13N7O/c1-10(19-6-2-4-16-19)12(21)18-11-8-14-13(15-9-11)20-7-3-5-17-20/h2-10H,1H3,(H,18,21). The van der Waals surface area contributed by atoms with Crippen LogP contribution in [-0.4, -0.2) is 35.4 Å². The first-order valence-corrected chi connectivity index (χ1v) is 6.36. The smallest absolute Gasteiger partial charge is 0.250 e. The van der Waals surface area contributed by atoms with Gasteiger partial charge in [0.15, 0.2) is 0 Å². The van der Waals surface area contributed by atoms with Crippen LogP contribution in [-0.2, 0) is 4.79 Å². The summed E-state index contributed by atoms with van der Waals surface area (Å²) in [7, 11) is 0. The van der Waals surface area contributed by atoms with E-state index in [0.717, 1.165) is 0 Å². The third-order valence-corrected chi connectivity index (χ3v) is 2.92. The van der Waals surface area contributed by atoms with Crippen LogP contribution in [0.25, 0.3) is 5.95 Å². The highest BCUT2D eigenvalue weighted by Crippen LogP contribution is 2.10. The number of carbonyl (C=O) groups excluding carboxylic acids is 1. The van der Waals surface area contributed by atoms with E-state index in [9.17, 15) is 4.79 Å². The van der Waals surface area contributed by atoms with Crippen molar-refractivity contribution in [3.8, 4) is 5.95 Å². The van der Waals surface area contributed by atoms with E-state index >= 15 is 0 Å². The van der Waals surface area contributed by atoms with Crippen LogP contribution in [0.15, 0.2) is 49.3 Å². The third-order valence-electron chi connectivity index (χ3n) is 2.92. The molecule has 21 heavy (non-hydrogen) atoms. The van der Waals surface area contributed by atoms with E-state index < -0.39 is 6.04 Å². The van der Waals surface area contributed by atoms with E-state index in [1.807, 2.05) is 0 Å². The van der Waals surface area contributed by atoms with Crippen molar-refractivity contribution in [3.63, 3.8) is 0 Å². The average molecular weight is 283 g/mol. The molecule has 0 bridgehead atoms. The number of amides is 1. The molecule has 1 amide bonds. The molecule has 1 unspecified atom stereocenters. The first kappa shape index (κ1) is 13.0. The molecule has 8 heteroatoms. The molecule has 0 spiro atoms. The van der Waals surface area contributed by atoms with Crippen LogP contribution in [0.1, 0.15) is 13.0 Å². The van der Waals surface area contributed by atoms with E-state index in [2.05, 4.69) is 25.5 Å². The molecular weight excluding hydrogens is 270 g/mol. The molecule has 1 N–H and O–H groups in total. The summed E-state index contributed by atoms with van der Waals surface area (Å²) in [6.45, 7) is 1.77. The van der Waals surface area contributed by atoms with Crippen LogP contribution < -0.4 is 5.32 Å². The van der Waals surface area contributed by atoms with Gasteiger partial charge in [0, 0.05) is 24.8 Å².